The monoisotopic (exact) mass is 549 g/mol. The lowest BCUT2D eigenvalue weighted by Gasteiger charge is -2.13. The summed E-state index contributed by atoms with van der Waals surface area (Å²) in [5, 5.41) is 16.9. The van der Waals surface area contributed by atoms with E-state index in [1.54, 1.807) is 37.6 Å². The number of hydrogen-bond acceptors (Lipinski definition) is 8. The van der Waals surface area contributed by atoms with Crippen molar-refractivity contribution < 1.29 is 9.13 Å². The summed E-state index contributed by atoms with van der Waals surface area (Å²) in [6.45, 7) is 0. The molecule has 8 nitrogen and oxygen atoms in total. The maximum Gasteiger partial charge on any atom is 0.228 e. The van der Waals surface area contributed by atoms with E-state index < -0.39 is 5.82 Å². The summed E-state index contributed by atoms with van der Waals surface area (Å²) in [6.07, 6.45) is 3.35. The molecule has 3 aromatic heterocycles. The first-order valence-corrected chi connectivity index (χ1v) is 12.7. The fourth-order valence-electron chi connectivity index (χ4n) is 4.20. The zero-order chi connectivity index (χ0) is 27.5. The summed E-state index contributed by atoms with van der Waals surface area (Å²) >= 11 is 6.01. The van der Waals surface area contributed by atoms with Gasteiger partial charge < -0.3 is 15.4 Å². The zero-order valence-corrected chi connectivity index (χ0v) is 21.9. The minimum Gasteiger partial charge on any atom is -0.438 e. The van der Waals surface area contributed by atoms with Crippen LogP contribution in [0.4, 0.5) is 21.8 Å². The fraction of sp³-hybridized carbons (Fsp3) is 0.0333. The first-order chi connectivity index (χ1) is 19.6. The number of halogens is 2. The van der Waals surface area contributed by atoms with Gasteiger partial charge in [0, 0.05) is 41.5 Å². The van der Waals surface area contributed by atoms with Crippen LogP contribution in [0.1, 0.15) is 0 Å². The second-order valence-corrected chi connectivity index (χ2v) is 9.10. The van der Waals surface area contributed by atoms with E-state index in [0.717, 1.165) is 22.0 Å². The Balaban J connectivity index is 1.25. The molecule has 0 spiro atoms. The summed E-state index contributed by atoms with van der Waals surface area (Å²) in [7, 11) is 1.76. The Morgan fingerprint density at radius 1 is 0.825 bits per heavy atom. The number of pyridine rings is 1. The van der Waals surface area contributed by atoms with Gasteiger partial charge in [0.25, 0.3) is 0 Å². The van der Waals surface area contributed by atoms with Gasteiger partial charge in [-0.05, 0) is 60.7 Å². The van der Waals surface area contributed by atoms with E-state index in [4.69, 9.17) is 16.3 Å². The lowest BCUT2D eigenvalue weighted by Crippen LogP contribution is -2.00. The molecule has 0 aliphatic heterocycles. The summed E-state index contributed by atoms with van der Waals surface area (Å²) < 4.78 is 19.8. The molecule has 3 heterocycles. The molecule has 0 bridgehead atoms. The van der Waals surface area contributed by atoms with Crippen LogP contribution in [0, 0.1) is 5.82 Å². The molecule has 0 saturated heterocycles. The normalized spacial score (nSPS) is 10.9. The van der Waals surface area contributed by atoms with Crippen LogP contribution in [0.2, 0.25) is 5.02 Å². The van der Waals surface area contributed by atoms with Crippen LogP contribution in [0.25, 0.3) is 33.3 Å². The van der Waals surface area contributed by atoms with Crippen LogP contribution in [0.3, 0.4) is 0 Å². The van der Waals surface area contributed by atoms with E-state index in [0.29, 0.717) is 40.3 Å². The van der Waals surface area contributed by atoms with Crippen molar-refractivity contribution in [1.29, 1.82) is 0 Å². The molecule has 10 heteroatoms. The van der Waals surface area contributed by atoms with Gasteiger partial charge in [-0.15, -0.1) is 10.2 Å². The van der Waals surface area contributed by atoms with E-state index >= 15 is 0 Å². The van der Waals surface area contributed by atoms with Crippen LogP contribution in [0.5, 0.6) is 11.6 Å². The van der Waals surface area contributed by atoms with E-state index in [2.05, 4.69) is 35.8 Å². The summed E-state index contributed by atoms with van der Waals surface area (Å²) in [4.78, 5) is 13.1. The molecule has 6 rings (SSSR count). The standard InChI is InChI=1S/C30H21ClFN7O/c1-33-30-35-16-14-26(37-30)23-7-4-15-34-29(23)40-20-11-9-19(10-12-20)36-28-22-6-3-2-5-21(22)27(38-39-28)18-8-13-25(32)24(31)17-18/h2-17H,1H3,(H,36,39)(H,33,35,37). The SMILES string of the molecule is CNc1nccc(-c2cccnc2Oc2ccc(Nc3nnc(-c4ccc(F)c(Cl)c4)c4ccccc34)cc2)n1. The average molecular weight is 550 g/mol. The number of nitrogens with zero attached hydrogens (tertiary/aromatic N) is 5. The smallest absolute Gasteiger partial charge is 0.228 e. The lowest BCUT2D eigenvalue weighted by molar-refractivity contribution is 0.465. The second kappa shape index (κ2) is 10.9. The van der Waals surface area contributed by atoms with Gasteiger partial charge in [0.15, 0.2) is 5.82 Å². The maximum atomic E-state index is 13.7. The molecule has 0 amide bonds. The number of fused-ring (bicyclic) bond motifs is 1. The number of aromatic nitrogens is 5. The minimum absolute atomic E-state index is 0.0328. The Bertz CT molecular complexity index is 1830. The maximum absolute atomic E-state index is 13.7. The topological polar surface area (TPSA) is 97.7 Å². The van der Waals surface area contributed by atoms with Gasteiger partial charge in [-0.25, -0.2) is 19.3 Å². The Morgan fingerprint density at radius 2 is 1.65 bits per heavy atom. The van der Waals surface area contributed by atoms with E-state index in [-0.39, 0.29) is 5.02 Å². The van der Waals surface area contributed by atoms with E-state index in [1.807, 2.05) is 60.7 Å². The molecule has 0 fully saturated rings. The fourth-order valence-corrected chi connectivity index (χ4v) is 4.38. The van der Waals surface area contributed by atoms with Crippen molar-refractivity contribution in [1.82, 2.24) is 25.1 Å². The van der Waals surface area contributed by atoms with E-state index in [1.165, 1.54) is 6.07 Å². The third-order valence-electron chi connectivity index (χ3n) is 6.14. The minimum atomic E-state index is -0.482. The second-order valence-electron chi connectivity index (χ2n) is 8.69. The highest BCUT2D eigenvalue weighted by Crippen LogP contribution is 2.34. The largest absolute Gasteiger partial charge is 0.438 e. The Labute approximate surface area is 233 Å². The van der Waals surface area contributed by atoms with E-state index in [9.17, 15) is 4.39 Å². The van der Waals surface area contributed by atoms with Crippen molar-refractivity contribution >= 4 is 39.8 Å². The number of anilines is 3. The zero-order valence-electron chi connectivity index (χ0n) is 21.1. The van der Waals surface area contributed by atoms with Gasteiger partial charge in [0.05, 0.1) is 16.3 Å². The van der Waals surface area contributed by atoms with Crippen molar-refractivity contribution in [2.45, 2.75) is 0 Å². The molecule has 0 aliphatic carbocycles. The molecule has 3 aromatic carbocycles. The highest BCUT2D eigenvalue weighted by Gasteiger charge is 2.14. The van der Waals surface area contributed by atoms with Crippen molar-refractivity contribution in [2.24, 2.45) is 0 Å². The molecule has 0 radical (unpaired) electrons. The first-order valence-electron chi connectivity index (χ1n) is 12.3. The Hall–Kier alpha value is -5.15. The third kappa shape index (κ3) is 5.10. The molecule has 0 saturated carbocycles. The Morgan fingerprint density at radius 3 is 2.45 bits per heavy atom. The van der Waals surface area contributed by atoms with Crippen LogP contribution >= 0.6 is 11.6 Å². The highest BCUT2D eigenvalue weighted by molar-refractivity contribution is 6.31. The molecule has 196 valence electrons. The first kappa shape index (κ1) is 25.1. The third-order valence-corrected chi connectivity index (χ3v) is 6.43. The van der Waals surface area contributed by atoms with Crippen LogP contribution in [0.15, 0.2) is 97.3 Å². The molecule has 0 unspecified atom stereocenters. The number of rotatable bonds is 7. The van der Waals surface area contributed by atoms with Crippen molar-refractivity contribution in [2.75, 3.05) is 17.7 Å². The summed E-state index contributed by atoms with van der Waals surface area (Å²) in [5.41, 5.74) is 3.52. The molecule has 40 heavy (non-hydrogen) atoms. The quantitative estimate of drug-likeness (QED) is 0.211. The summed E-state index contributed by atoms with van der Waals surface area (Å²) in [5.74, 6) is 1.64. The van der Waals surface area contributed by atoms with Gasteiger partial charge in [0.2, 0.25) is 11.8 Å². The van der Waals surface area contributed by atoms with Crippen molar-refractivity contribution in [3.05, 3.63) is 108 Å². The van der Waals surface area contributed by atoms with Crippen molar-refractivity contribution in [3.8, 4) is 34.1 Å². The number of benzene rings is 3. The average Bonchev–Trinajstić information content (AvgIpc) is 3.00. The molecular weight excluding hydrogens is 529 g/mol. The van der Waals surface area contributed by atoms with Gasteiger partial charge in [-0.3, -0.25) is 0 Å². The summed E-state index contributed by atoms with van der Waals surface area (Å²) in [6, 6.07) is 25.2. The van der Waals surface area contributed by atoms with Gasteiger partial charge >= 0.3 is 0 Å². The predicted octanol–water partition coefficient (Wildman–Crippen LogP) is 7.52. The molecule has 2 N–H and O–H groups in total. The number of nitrogens with one attached hydrogen (secondary N) is 2. The van der Waals surface area contributed by atoms with Crippen LogP contribution < -0.4 is 15.4 Å². The van der Waals surface area contributed by atoms with Crippen LogP contribution in [-0.4, -0.2) is 32.2 Å². The van der Waals surface area contributed by atoms with Gasteiger partial charge in [0.1, 0.15) is 17.3 Å². The highest BCUT2D eigenvalue weighted by atomic mass is 35.5. The van der Waals surface area contributed by atoms with Crippen molar-refractivity contribution in [3.63, 3.8) is 0 Å². The molecule has 6 aromatic rings. The number of hydrogen-bond donors (Lipinski definition) is 2. The molecule has 0 atom stereocenters. The predicted molar refractivity (Wildman–Crippen MR) is 155 cm³/mol. The Kier molecular flexibility index (Phi) is 6.86. The molecular formula is C30H21ClFN7O. The van der Waals surface area contributed by atoms with Crippen LogP contribution in [-0.2, 0) is 0 Å². The molecule has 0 aliphatic rings. The number of ether oxygens (including phenoxy) is 1. The van der Waals surface area contributed by atoms with Gasteiger partial charge in [-0.2, -0.15) is 0 Å². The lowest BCUT2D eigenvalue weighted by atomic mass is 10.0. The van der Waals surface area contributed by atoms with Gasteiger partial charge in [-0.1, -0.05) is 35.9 Å².